The number of likely N-dealkylation sites (tertiary alicyclic amines) is 1. The van der Waals surface area contributed by atoms with Crippen LogP contribution in [0.4, 0.5) is 0 Å². The van der Waals surface area contributed by atoms with Gasteiger partial charge in [0.05, 0.1) is 11.4 Å². The number of carboxylic acid groups (broad SMARTS) is 1. The number of rotatable bonds is 9. The van der Waals surface area contributed by atoms with Crippen molar-refractivity contribution in [2.45, 2.75) is 57.4 Å². The average Bonchev–Trinajstić information content (AvgIpc) is 2.89. The summed E-state index contributed by atoms with van der Waals surface area (Å²) in [4.78, 5) is 14.1. The number of carbonyl (C=O) groups is 1. The summed E-state index contributed by atoms with van der Waals surface area (Å²) in [5, 5.41) is 31.9. The van der Waals surface area contributed by atoms with Crippen molar-refractivity contribution in [2.24, 2.45) is 18.7 Å². The summed E-state index contributed by atoms with van der Waals surface area (Å²) in [6.45, 7) is 4.41. The lowest BCUT2D eigenvalue weighted by Crippen LogP contribution is -2.56. The molecule has 11 heteroatoms. The van der Waals surface area contributed by atoms with Gasteiger partial charge in [-0.15, -0.1) is 24.8 Å². The first-order valence-corrected chi connectivity index (χ1v) is 9.32. The summed E-state index contributed by atoms with van der Waals surface area (Å²) in [5.74, 6) is -1.02. The van der Waals surface area contributed by atoms with E-state index in [9.17, 15) is 9.90 Å². The zero-order valence-corrected chi connectivity index (χ0v) is 18.2. The molecule has 1 saturated heterocycles. The van der Waals surface area contributed by atoms with Gasteiger partial charge < -0.3 is 20.9 Å². The molecule has 0 bridgehead atoms. The maximum absolute atomic E-state index is 11.8. The van der Waals surface area contributed by atoms with Gasteiger partial charge in [-0.3, -0.25) is 14.4 Å². The van der Waals surface area contributed by atoms with Gasteiger partial charge in [0.15, 0.2) is 0 Å². The molecular weight excluding hydrogens is 406 g/mol. The minimum atomic E-state index is -1.34. The molecule has 0 aliphatic carbocycles. The Labute approximate surface area is 179 Å². The largest absolute Gasteiger partial charge is 0.480 e. The van der Waals surface area contributed by atoms with Crippen molar-refractivity contribution in [3.05, 3.63) is 17.5 Å². The summed E-state index contributed by atoms with van der Waals surface area (Å²) >= 11 is 0. The van der Waals surface area contributed by atoms with Crippen LogP contribution in [0.25, 0.3) is 0 Å². The van der Waals surface area contributed by atoms with Crippen LogP contribution in [0.1, 0.15) is 43.5 Å². The van der Waals surface area contributed by atoms with Gasteiger partial charge in [-0.1, -0.05) is 12.8 Å². The monoisotopic (exact) mass is 438 g/mol. The number of aliphatic carboxylic acids is 1. The molecule has 0 saturated carbocycles. The van der Waals surface area contributed by atoms with Crippen LogP contribution in [-0.2, 0) is 18.4 Å². The molecule has 1 unspecified atom stereocenters. The standard InChI is InChI=1S/C17H31BN4O4.2ClH/c1-13-11-15(21(2)20-13)12-22-9-5-14(6-10-22)17(19,16(23)24)7-3-4-8-18(25)26;;/h11,14,25-26H,3-10,12,19H2,1-2H3,(H,23,24);2*1H. The molecule has 162 valence electrons. The van der Waals surface area contributed by atoms with Crippen molar-refractivity contribution in [3.8, 4) is 0 Å². The van der Waals surface area contributed by atoms with Crippen LogP contribution < -0.4 is 5.73 Å². The highest BCUT2D eigenvalue weighted by Gasteiger charge is 2.42. The van der Waals surface area contributed by atoms with Crippen molar-refractivity contribution in [1.82, 2.24) is 14.7 Å². The number of carboxylic acids is 1. The molecule has 8 nitrogen and oxygen atoms in total. The second kappa shape index (κ2) is 12.0. The minimum Gasteiger partial charge on any atom is -0.480 e. The van der Waals surface area contributed by atoms with Crippen LogP contribution in [0.15, 0.2) is 6.07 Å². The van der Waals surface area contributed by atoms with E-state index in [2.05, 4.69) is 16.1 Å². The Kier molecular flexibility index (Phi) is 11.6. The number of hydrogen-bond acceptors (Lipinski definition) is 6. The Morgan fingerprint density at radius 3 is 2.39 bits per heavy atom. The SMILES string of the molecule is Cc1cc(CN2CCC(C(N)(CCCCB(O)O)C(=O)O)CC2)n(C)n1.Cl.Cl. The van der Waals surface area contributed by atoms with E-state index in [0.717, 1.165) is 43.9 Å². The van der Waals surface area contributed by atoms with Gasteiger partial charge >= 0.3 is 13.1 Å². The molecular formula is C17H33BCl2N4O4. The van der Waals surface area contributed by atoms with Crippen molar-refractivity contribution in [2.75, 3.05) is 13.1 Å². The van der Waals surface area contributed by atoms with Gasteiger partial charge in [-0.05, 0) is 57.6 Å². The normalized spacial score (nSPS) is 17.3. The van der Waals surface area contributed by atoms with E-state index in [1.54, 1.807) is 0 Å². The van der Waals surface area contributed by atoms with Crippen molar-refractivity contribution >= 4 is 37.9 Å². The van der Waals surface area contributed by atoms with E-state index < -0.39 is 18.6 Å². The maximum atomic E-state index is 11.8. The number of aromatic nitrogens is 2. The second-order valence-electron chi connectivity index (χ2n) is 7.52. The van der Waals surface area contributed by atoms with E-state index in [0.29, 0.717) is 19.3 Å². The van der Waals surface area contributed by atoms with Gasteiger partial charge in [0.1, 0.15) is 5.54 Å². The molecule has 0 radical (unpaired) electrons. The van der Waals surface area contributed by atoms with Gasteiger partial charge in [0, 0.05) is 13.6 Å². The first-order chi connectivity index (χ1) is 12.2. The molecule has 1 atom stereocenters. The van der Waals surface area contributed by atoms with Gasteiger partial charge in [-0.2, -0.15) is 5.10 Å². The molecule has 0 aromatic carbocycles. The van der Waals surface area contributed by atoms with E-state index in [4.69, 9.17) is 15.8 Å². The highest BCUT2D eigenvalue weighted by atomic mass is 35.5. The number of nitrogens with two attached hydrogens (primary N) is 1. The Morgan fingerprint density at radius 1 is 1.32 bits per heavy atom. The highest BCUT2D eigenvalue weighted by Crippen LogP contribution is 2.31. The van der Waals surface area contributed by atoms with E-state index in [1.165, 1.54) is 0 Å². The quantitative estimate of drug-likeness (QED) is 0.337. The first kappa shape index (κ1) is 27.2. The van der Waals surface area contributed by atoms with Crippen LogP contribution in [0.5, 0.6) is 0 Å². The van der Waals surface area contributed by atoms with Gasteiger partial charge in [-0.25, -0.2) is 0 Å². The lowest BCUT2D eigenvalue weighted by Gasteiger charge is -2.40. The predicted molar refractivity (Wildman–Crippen MR) is 114 cm³/mol. The molecule has 1 aliphatic rings. The summed E-state index contributed by atoms with van der Waals surface area (Å²) < 4.78 is 1.89. The summed E-state index contributed by atoms with van der Waals surface area (Å²) in [7, 11) is 0.596. The number of aryl methyl sites for hydroxylation is 2. The highest BCUT2D eigenvalue weighted by molar-refractivity contribution is 6.40. The molecule has 2 rings (SSSR count). The molecule has 0 spiro atoms. The van der Waals surface area contributed by atoms with E-state index in [-0.39, 0.29) is 37.1 Å². The average molecular weight is 439 g/mol. The van der Waals surface area contributed by atoms with Crippen LogP contribution in [0.2, 0.25) is 6.32 Å². The molecule has 28 heavy (non-hydrogen) atoms. The third-order valence-corrected chi connectivity index (χ3v) is 5.50. The number of halogens is 2. The lowest BCUT2D eigenvalue weighted by molar-refractivity contribution is -0.147. The third-order valence-electron chi connectivity index (χ3n) is 5.50. The number of nitrogens with zero attached hydrogens (tertiary/aromatic N) is 3. The third kappa shape index (κ3) is 7.20. The Bertz CT molecular complexity index is 612. The van der Waals surface area contributed by atoms with Gasteiger partial charge in [0.2, 0.25) is 0 Å². The van der Waals surface area contributed by atoms with Gasteiger partial charge in [0.25, 0.3) is 0 Å². The lowest BCUT2D eigenvalue weighted by atomic mass is 9.74. The van der Waals surface area contributed by atoms with Crippen molar-refractivity contribution in [3.63, 3.8) is 0 Å². The zero-order valence-electron chi connectivity index (χ0n) is 16.6. The second-order valence-corrected chi connectivity index (χ2v) is 7.52. The van der Waals surface area contributed by atoms with Crippen LogP contribution in [0.3, 0.4) is 0 Å². The Morgan fingerprint density at radius 2 is 1.93 bits per heavy atom. The Hall–Kier alpha value is -0.835. The number of piperidine rings is 1. The fraction of sp³-hybridized carbons (Fsp3) is 0.765. The van der Waals surface area contributed by atoms with Crippen LogP contribution in [0, 0.1) is 12.8 Å². The predicted octanol–water partition coefficient (Wildman–Crippen LogP) is 1.21. The summed E-state index contributed by atoms with van der Waals surface area (Å²) in [6.07, 6.45) is 3.25. The molecule has 1 aromatic rings. The molecule has 0 amide bonds. The fourth-order valence-electron chi connectivity index (χ4n) is 3.88. The molecule has 2 heterocycles. The van der Waals surface area contributed by atoms with E-state index >= 15 is 0 Å². The molecule has 5 N–H and O–H groups in total. The van der Waals surface area contributed by atoms with Crippen molar-refractivity contribution < 1.29 is 19.9 Å². The smallest absolute Gasteiger partial charge is 0.451 e. The number of hydrogen-bond donors (Lipinski definition) is 4. The molecule has 1 aromatic heterocycles. The topological polar surface area (TPSA) is 125 Å². The zero-order chi connectivity index (χ0) is 19.3. The van der Waals surface area contributed by atoms with Crippen molar-refractivity contribution in [1.29, 1.82) is 0 Å². The van der Waals surface area contributed by atoms with E-state index in [1.807, 2.05) is 18.7 Å². The summed E-state index contributed by atoms with van der Waals surface area (Å²) in [5.41, 5.74) is 7.21. The number of unbranched alkanes of at least 4 members (excludes halogenated alkanes) is 1. The Balaban J connectivity index is 0.00000364. The minimum absolute atomic E-state index is 0. The van der Waals surface area contributed by atoms with Crippen LogP contribution >= 0.6 is 24.8 Å². The van der Waals surface area contributed by atoms with Crippen LogP contribution in [-0.4, -0.2) is 61.6 Å². The maximum Gasteiger partial charge on any atom is 0.451 e. The fourth-order valence-corrected chi connectivity index (χ4v) is 3.88. The molecule has 1 fully saturated rings. The molecule has 1 aliphatic heterocycles. The summed E-state index contributed by atoms with van der Waals surface area (Å²) in [6, 6.07) is 2.08. The first-order valence-electron chi connectivity index (χ1n) is 9.32.